The molecule has 0 aliphatic carbocycles. The first-order valence-electron chi connectivity index (χ1n) is 12.1. The maximum Gasteiger partial charge on any atom is 0.217 e. The number of halogens is 3. The number of benzene rings is 2. The highest BCUT2D eigenvalue weighted by molar-refractivity contribution is 6.31. The predicted molar refractivity (Wildman–Crippen MR) is 147 cm³/mol. The number of rotatable bonds is 7. The Morgan fingerprint density at radius 1 is 0.925 bits per heavy atom. The Hall–Kier alpha value is -4.67. The van der Waals surface area contributed by atoms with Crippen LogP contribution < -0.4 is 4.73 Å². The number of hydrogen-bond acceptors (Lipinski definition) is 6. The Morgan fingerprint density at radius 2 is 1.75 bits per heavy atom. The van der Waals surface area contributed by atoms with Crippen molar-refractivity contribution in [3.8, 4) is 27.9 Å². The number of tetrazole rings is 1. The average molecular weight is 573 g/mol. The van der Waals surface area contributed by atoms with Gasteiger partial charge in [0.2, 0.25) is 5.69 Å². The molecule has 198 valence electrons. The molecular formula is C28H19Cl2FN8O. The smallest absolute Gasteiger partial charge is 0.217 e. The fourth-order valence-corrected chi connectivity index (χ4v) is 4.85. The van der Waals surface area contributed by atoms with Gasteiger partial charge in [-0.1, -0.05) is 35.3 Å². The second kappa shape index (κ2) is 10.8. The van der Waals surface area contributed by atoms with Gasteiger partial charge < -0.3 is 5.21 Å². The second-order valence-corrected chi connectivity index (χ2v) is 9.87. The van der Waals surface area contributed by atoms with Gasteiger partial charge in [0.1, 0.15) is 18.2 Å². The molecule has 12 heteroatoms. The summed E-state index contributed by atoms with van der Waals surface area (Å²) in [6, 6.07) is 17.3. The quantitative estimate of drug-likeness (QED) is 0.185. The topological polar surface area (TPSA) is 101 Å². The summed E-state index contributed by atoms with van der Waals surface area (Å²) in [5, 5.41) is 30.6. The summed E-state index contributed by atoms with van der Waals surface area (Å²) < 4.78 is 18.4. The zero-order chi connectivity index (χ0) is 27.6. The average Bonchev–Trinajstić information content (AvgIpc) is 3.66. The molecule has 0 aliphatic rings. The van der Waals surface area contributed by atoms with E-state index in [2.05, 4.69) is 25.6 Å². The molecule has 0 fully saturated rings. The maximum absolute atomic E-state index is 14.4. The molecule has 4 heterocycles. The van der Waals surface area contributed by atoms with Gasteiger partial charge >= 0.3 is 0 Å². The fraction of sp³-hybridized carbons (Fsp3) is 0.0714. The van der Waals surface area contributed by atoms with Crippen molar-refractivity contribution in [1.82, 2.24) is 35.0 Å². The van der Waals surface area contributed by atoms with Crippen LogP contribution in [0.4, 0.5) is 4.39 Å². The molecule has 1 unspecified atom stereocenters. The normalized spacial score (nSPS) is 12.0. The Bertz CT molecular complexity index is 1790. The Labute approximate surface area is 237 Å². The zero-order valence-electron chi connectivity index (χ0n) is 20.6. The third-order valence-electron chi connectivity index (χ3n) is 6.50. The zero-order valence-corrected chi connectivity index (χ0v) is 22.2. The first kappa shape index (κ1) is 25.6. The van der Waals surface area contributed by atoms with Crippen LogP contribution in [0, 0.1) is 11.0 Å². The molecule has 9 nitrogen and oxygen atoms in total. The maximum atomic E-state index is 14.4. The van der Waals surface area contributed by atoms with Gasteiger partial charge in [-0.05, 0) is 58.5 Å². The van der Waals surface area contributed by atoms with E-state index in [0.29, 0.717) is 50.1 Å². The Balaban J connectivity index is 1.42. The summed E-state index contributed by atoms with van der Waals surface area (Å²) >= 11 is 12.4. The van der Waals surface area contributed by atoms with E-state index in [1.165, 1.54) is 23.4 Å². The minimum absolute atomic E-state index is 0.368. The van der Waals surface area contributed by atoms with Gasteiger partial charge in [0.25, 0.3) is 0 Å². The molecule has 1 atom stereocenters. The molecular weight excluding hydrogens is 554 g/mol. The second-order valence-electron chi connectivity index (χ2n) is 9.00. The van der Waals surface area contributed by atoms with E-state index in [0.717, 1.165) is 16.5 Å². The summed E-state index contributed by atoms with van der Waals surface area (Å²) in [6.07, 6.45) is 9.35. The van der Waals surface area contributed by atoms with Crippen molar-refractivity contribution in [2.75, 3.05) is 0 Å². The molecule has 2 aromatic carbocycles. The van der Waals surface area contributed by atoms with E-state index in [4.69, 9.17) is 23.2 Å². The molecule has 0 N–H and O–H groups in total. The lowest BCUT2D eigenvalue weighted by Gasteiger charge is -2.18. The molecule has 0 saturated carbocycles. The van der Waals surface area contributed by atoms with E-state index in [-0.39, 0.29) is 0 Å². The highest BCUT2D eigenvalue weighted by Gasteiger charge is 2.25. The van der Waals surface area contributed by atoms with Crippen molar-refractivity contribution < 1.29 is 9.12 Å². The van der Waals surface area contributed by atoms with Gasteiger partial charge in [-0.2, -0.15) is 14.5 Å². The predicted octanol–water partition coefficient (Wildman–Crippen LogP) is 5.50. The summed E-state index contributed by atoms with van der Waals surface area (Å²) in [7, 11) is 0. The standard InChI is InChI=1S/C28H19Cl2FN8O/c29-21-4-1-18(2-5-21)11-28(37-15-20(13-34-37)23-9-10-32-14-25(23)31)27-7-3-19(16-39(27)40)24-12-22(30)6-8-26(24)38-17-33-35-36-38/h1-10,12-17,28H,11H2. The van der Waals surface area contributed by atoms with Crippen molar-refractivity contribution in [3.63, 3.8) is 0 Å². The molecule has 4 aromatic heterocycles. The van der Waals surface area contributed by atoms with Crippen LogP contribution >= 0.6 is 23.2 Å². The number of pyridine rings is 2. The third-order valence-corrected chi connectivity index (χ3v) is 6.98. The van der Waals surface area contributed by atoms with E-state index in [9.17, 15) is 9.60 Å². The van der Waals surface area contributed by atoms with Crippen LogP contribution in [0.25, 0.3) is 27.9 Å². The molecule has 0 amide bonds. The van der Waals surface area contributed by atoms with E-state index in [1.807, 2.05) is 18.2 Å². The first-order valence-corrected chi connectivity index (χ1v) is 12.9. The first-order chi connectivity index (χ1) is 19.5. The van der Waals surface area contributed by atoms with Gasteiger partial charge in [0, 0.05) is 57.2 Å². The summed E-state index contributed by atoms with van der Waals surface area (Å²) in [5.41, 5.74) is 4.29. The largest absolute Gasteiger partial charge is 0.618 e. The third kappa shape index (κ3) is 5.14. The minimum Gasteiger partial charge on any atom is -0.618 e. The van der Waals surface area contributed by atoms with Crippen molar-refractivity contribution in [2.24, 2.45) is 0 Å². The summed E-state index contributed by atoms with van der Waals surface area (Å²) in [4.78, 5) is 3.82. The van der Waals surface area contributed by atoms with E-state index < -0.39 is 11.9 Å². The van der Waals surface area contributed by atoms with Crippen molar-refractivity contribution in [2.45, 2.75) is 12.5 Å². The van der Waals surface area contributed by atoms with E-state index >= 15 is 0 Å². The molecule has 0 spiro atoms. The van der Waals surface area contributed by atoms with Crippen molar-refractivity contribution >= 4 is 23.2 Å². The van der Waals surface area contributed by atoms with Crippen LogP contribution in [0.5, 0.6) is 0 Å². The molecule has 40 heavy (non-hydrogen) atoms. The molecule has 0 bridgehead atoms. The summed E-state index contributed by atoms with van der Waals surface area (Å²) in [6.45, 7) is 0. The van der Waals surface area contributed by atoms with Gasteiger partial charge in [-0.25, -0.2) is 4.39 Å². The number of hydrogen-bond donors (Lipinski definition) is 0. The van der Waals surface area contributed by atoms with Gasteiger partial charge in [0.15, 0.2) is 6.20 Å². The molecule has 6 aromatic rings. The van der Waals surface area contributed by atoms with Crippen LogP contribution in [0.15, 0.2) is 98.0 Å². The van der Waals surface area contributed by atoms with Gasteiger partial charge in [-0.3, -0.25) is 9.67 Å². The highest BCUT2D eigenvalue weighted by Crippen LogP contribution is 2.31. The van der Waals surface area contributed by atoms with Crippen LogP contribution in [0.2, 0.25) is 10.0 Å². The van der Waals surface area contributed by atoms with Crippen molar-refractivity contribution in [3.05, 3.63) is 130 Å². The van der Waals surface area contributed by atoms with Crippen molar-refractivity contribution in [1.29, 1.82) is 0 Å². The van der Waals surface area contributed by atoms with Crippen LogP contribution in [0.3, 0.4) is 0 Å². The lowest BCUT2D eigenvalue weighted by Crippen LogP contribution is -2.36. The number of aromatic nitrogens is 8. The lowest BCUT2D eigenvalue weighted by atomic mass is 10.0. The molecule has 6 rings (SSSR count). The van der Waals surface area contributed by atoms with E-state index in [1.54, 1.807) is 59.5 Å². The highest BCUT2D eigenvalue weighted by atomic mass is 35.5. The van der Waals surface area contributed by atoms with Crippen LogP contribution in [-0.4, -0.2) is 35.0 Å². The summed E-state index contributed by atoms with van der Waals surface area (Å²) in [5.74, 6) is -0.459. The monoisotopic (exact) mass is 572 g/mol. The molecule has 0 saturated heterocycles. The fourth-order valence-electron chi connectivity index (χ4n) is 4.55. The Kier molecular flexibility index (Phi) is 6.93. The molecule has 0 radical (unpaired) electrons. The van der Waals surface area contributed by atoms with Gasteiger partial charge in [0.05, 0.1) is 18.1 Å². The lowest BCUT2D eigenvalue weighted by molar-refractivity contribution is -0.615. The van der Waals surface area contributed by atoms with Crippen LogP contribution in [-0.2, 0) is 6.42 Å². The SMILES string of the molecule is [O-][n+]1cc(-c2cc(Cl)ccc2-n2cnnn2)ccc1C(Cc1ccc(Cl)cc1)n1cc(-c2ccncc2F)cn1. The minimum atomic E-state index is -0.510. The number of nitrogens with zero attached hydrogens (tertiary/aromatic N) is 8. The Morgan fingerprint density at radius 3 is 2.50 bits per heavy atom. The van der Waals surface area contributed by atoms with Crippen LogP contribution in [0.1, 0.15) is 17.3 Å². The molecule has 0 aliphatic heterocycles. The van der Waals surface area contributed by atoms with Gasteiger partial charge in [-0.15, -0.1) is 5.10 Å².